The first kappa shape index (κ1) is 19.4. The minimum Gasteiger partial charge on any atom is -0.465 e. The Bertz CT molecular complexity index is 1020. The highest BCUT2D eigenvalue weighted by atomic mass is 32.1. The molecule has 28 heavy (non-hydrogen) atoms. The molecule has 1 aromatic carbocycles. The van der Waals surface area contributed by atoms with Gasteiger partial charge in [-0.15, -0.1) is 11.3 Å². The SMILES string of the molecule is COC(=O)c1sc2ccc([N+](=O)[O-])cc2c1N=NC1C(=O)OC(C)(C)OC1=O. The van der Waals surface area contributed by atoms with Crippen LogP contribution < -0.4 is 0 Å². The highest BCUT2D eigenvalue weighted by Crippen LogP contribution is 2.40. The van der Waals surface area contributed by atoms with E-state index in [0.717, 1.165) is 18.4 Å². The van der Waals surface area contributed by atoms with E-state index in [-0.39, 0.29) is 21.6 Å². The number of rotatable bonds is 4. The molecule has 0 radical (unpaired) electrons. The van der Waals surface area contributed by atoms with Gasteiger partial charge in [0.25, 0.3) is 17.5 Å². The highest BCUT2D eigenvalue weighted by Gasteiger charge is 2.43. The molecule has 0 spiro atoms. The summed E-state index contributed by atoms with van der Waals surface area (Å²) in [5.41, 5.74) is -0.280. The van der Waals surface area contributed by atoms with Gasteiger partial charge < -0.3 is 14.2 Å². The summed E-state index contributed by atoms with van der Waals surface area (Å²) in [6, 6.07) is 2.27. The van der Waals surface area contributed by atoms with Gasteiger partial charge in [-0.05, 0) is 6.07 Å². The van der Waals surface area contributed by atoms with Gasteiger partial charge in [0.15, 0.2) is 0 Å². The minimum atomic E-state index is -1.67. The van der Waals surface area contributed by atoms with Crippen LogP contribution in [-0.2, 0) is 23.8 Å². The predicted octanol–water partition coefficient (Wildman–Crippen LogP) is 2.88. The fraction of sp³-hybridized carbons (Fsp3) is 0.312. The van der Waals surface area contributed by atoms with E-state index in [2.05, 4.69) is 10.2 Å². The minimum absolute atomic E-state index is 0.0135. The van der Waals surface area contributed by atoms with Crippen LogP contribution in [0.4, 0.5) is 11.4 Å². The first-order chi connectivity index (χ1) is 13.1. The fourth-order valence-electron chi connectivity index (χ4n) is 2.44. The number of esters is 3. The number of thiophene rings is 1. The Kier molecular flexibility index (Phi) is 4.81. The van der Waals surface area contributed by atoms with Gasteiger partial charge in [0.2, 0.25) is 0 Å². The summed E-state index contributed by atoms with van der Waals surface area (Å²) in [5, 5.41) is 18.8. The van der Waals surface area contributed by atoms with Crippen molar-refractivity contribution in [2.45, 2.75) is 25.7 Å². The molecule has 0 unspecified atom stereocenters. The summed E-state index contributed by atoms with van der Waals surface area (Å²) in [6.07, 6.45) is 0. The Labute approximate surface area is 161 Å². The van der Waals surface area contributed by atoms with Gasteiger partial charge in [0.1, 0.15) is 10.6 Å². The first-order valence-corrected chi connectivity index (χ1v) is 8.60. The van der Waals surface area contributed by atoms with Crippen molar-refractivity contribution in [1.82, 2.24) is 0 Å². The van der Waals surface area contributed by atoms with Crippen LogP contribution in [0.25, 0.3) is 10.1 Å². The van der Waals surface area contributed by atoms with Crippen molar-refractivity contribution < 1.29 is 33.5 Å². The maximum Gasteiger partial charge on any atom is 0.350 e. The predicted molar refractivity (Wildman–Crippen MR) is 94.4 cm³/mol. The summed E-state index contributed by atoms with van der Waals surface area (Å²) in [6.45, 7) is 2.77. The number of benzene rings is 1. The summed E-state index contributed by atoms with van der Waals surface area (Å²) < 4.78 is 15.1. The van der Waals surface area contributed by atoms with Gasteiger partial charge in [-0.1, -0.05) is 0 Å². The topological polar surface area (TPSA) is 147 Å². The van der Waals surface area contributed by atoms with E-state index >= 15 is 0 Å². The molecule has 0 aliphatic carbocycles. The number of methoxy groups -OCH3 is 1. The van der Waals surface area contributed by atoms with E-state index in [0.29, 0.717) is 4.70 Å². The Hall–Kier alpha value is -3.41. The number of azo groups is 1. The molecule has 1 aliphatic rings. The summed E-state index contributed by atoms with van der Waals surface area (Å²) >= 11 is 0.982. The number of nitro groups is 1. The van der Waals surface area contributed by atoms with E-state index in [4.69, 9.17) is 14.2 Å². The number of ether oxygens (including phenoxy) is 3. The Morgan fingerprint density at radius 2 is 1.93 bits per heavy atom. The van der Waals surface area contributed by atoms with Crippen molar-refractivity contribution >= 4 is 50.7 Å². The Balaban J connectivity index is 2.07. The quantitative estimate of drug-likeness (QED) is 0.247. The molecule has 0 bridgehead atoms. The number of fused-ring (bicyclic) bond motifs is 1. The lowest BCUT2D eigenvalue weighted by molar-refractivity contribution is -0.384. The molecule has 1 fully saturated rings. The standard InChI is InChI=1S/C16H13N3O8S/c1-16(2)26-13(20)11(14(21)27-16)18-17-10-8-6-7(19(23)24)4-5-9(8)28-12(10)15(22)25-3/h4-6,11H,1-3H3. The van der Waals surface area contributed by atoms with Crippen molar-refractivity contribution in [2.24, 2.45) is 10.2 Å². The van der Waals surface area contributed by atoms with E-state index < -0.39 is 34.7 Å². The number of carbonyl (C=O) groups excluding carboxylic acids is 3. The van der Waals surface area contributed by atoms with Crippen molar-refractivity contribution in [3.05, 3.63) is 33.2 Å². The van der Waals surface area contributed by atoms with Gasteiger partial charge in [-0.2, -0.15) is 10.2 Å². The zero-order valence-corrected chi connectivity index (χ0v) is 15.6. The maximum atomic E-state index is 12.1. The normalized spacial score (nSPS) is 16.8. The molecule has 11 nitrogen and oxygen atoms in total. The highest BCUT2D eigenvalue weighted by molar-refractivity contribution is 7.21. The molecule has 2 aromatic rings. The second kappa shape index (κ2) is 6.96. The number of cyclic esters (lactones) is 2. The van der Waals surface area contributed by atoms with Crippen molar-refractivity contribution in [3.63, 3.8) is 0 Å². The van der Waals surface area contributed by atoms with Gasteiger partial charge in [-0.25, -0.2) is 14.4 Å². The average Bonchev–Trinajstić information content (AvgIpc) is 2.97. The number of nitro benzene ring substituents is 1. The molecule has 3 rings (SSSR count). The zero-order valence-electron chi connectivity index (χ0n) is 14.8. The number of nitrogens with zero attached hydrogens (tertiary/aromatic N) is 3. The Morgan fingerprint density at radius 1 is 1.29 bits per heavy atom. The van der Waals surface area contributed by atoms with E-state index in [9.17, 15) is 24.5 Å². The molecule has 1 aliphatic heterocycles. The summed E-state index contributed by atoms with van der Waals surface area (Å²) in [5.74, 6) is -4.09. The smallest absolute Gasteiger partial charge is 0.350 e. The van der Waals surface area contributed by atoms with Crippen LogP contribution >= 0.6 is 11.3 Å². The van der Waals surface area contributed by atoms with Crippen LogP contribution in [-0.4, -0.2) is 41.8 Å². The van der Waals surface area contributed by atoms with E-state index in [1.54, 1.807) is 0 Å². The van der Waals surface area contributed by atoms with Crippen LogP contribution in [0.3, 0.4) is 0 Å². The van der Waals surface area contributed by atoms with Gasteiger partial charge >= 0.3 is 17.9 Å². The first-order valence-electron chi connectivity index (χ1n) is 7.79. The molecule has 1 saturated heterocycles. The maximum absolute atomic E-state index is 12.1. The molecule has 0 atom stereocenters. The number of carbonyl (C=O) groups is 3. The van der Waals surface area contributed by atoms with Crippen molar-refractivity contribution in [2.75, 3.05) is 7.11 Å². The van der Waals surface area contributed by atoms with Crippen LogP contribution in [0.2, 0.25) is 0 Å². The van der Waals surface area contributed by atoms with Crippen molar-refractivity contribution in [3.8, 4) is 0 Å². The lowest BCUT2D eigenvalue weighted by atomic mass is 10.2. The molecule has 0 N–H and O–H groups in total. The molecule has 0 amide bonds. The summed E-state index contributed by atoms with van der Waals surface area (Å²) in [4.78, 5) is 46.5. The van der Waals surface area contributed by atoms with Crippen LogP contribution in [0.15, 0.2) is 28.4 Å². The fourth-order valence-corrected chi connectivity index (χ4v) is 3.48. The molecule has 12 heteroatoms. The second-order valence-electron chi connectivity index (χ2n) is 6.07. The third kappa shape index (κ3) is 3.53. The van der Waals surface area contributed by atoms with Gasteiger partial charge in [0, 0.05) is 36.1 Å². The number of non-ortho nitro benzene ring substituents is 1. The lowest BCUT2D eigenvalue weighted by Crippen LogP contribution is -2.48. The molecular weight excluding hydrogens is 394 g/mol. The van der Waals surface area contributed by atoms with Crippen LogP contribution in [0, 0.1) is 10.1 Å². The third-order valence-corrected chi connectivity index (χ3v) is 4.78. The Morgan fingerprint density at radius 3 is 2.50 bits per heavy atom. The van der Waals surface area contributed by atoms with E-state index in [1.807, 2.05) is 0 Å². The van der Waals surface area contributed by atoms with Crippen molar-refractivity contribution in [1.29, 1.82) is 0 Å². The van der Waals surface area contributed by atoms with Crippen LogP contribution in [0.5, 0.6) is 0 Å². The van der Waals surface area contributed by atoms with Gasteiger partial charge in [-0.3, -0.25) is 10.1 Å². The summed E-state index contributed by atoms with van der Waals surface area (Å²) in [7, 11) is 1.16. The van der Waals surface area contributed by atoms with Crippen LogP contribution in [0.1, 0.15) is 23.5 Å². The third-order valence-electron chi connectivity index (χ3n) is 3.64. The number of hydrogen-bond acceptors (Lipinski definition) is 11. The molecular formula is C16H13N3O8S. The largest absolute Gasteiger partial charge is 0.465 e. The molecule has 2 heterocycles. The number of hydrogen-bond donors (Lipinski definition) is 0. The molecule has 1 aromatic heterocycles. The molecule has 0 saturated carbocycles. The van der Waals surface area contributed by atoms with Gasteiger partial charge in [0.05, 0.1) is 12.0 Å². The monoisotopic (exact) mass is 407 g/mol. The zero-order chi connectivity index (χ0) is 20.6. The van der Waals surface area contributed by atoms with E-state index in [1.165, 1.54) is 32.0 Å². The molecule has 146 valence electrons. The second-order valence-corrected chi connectivity index (χ2v) is 7.12. The average molecular weight is 407 g/mol. The lowest BCUT2D eigenvalue weighted by Gasteiger charge is -2.30.